The highest BCUT2D eigenvalue weighted by Crippen LogP contribution is 2.20. The lowest BCUT2D eigenvalue weighted by atomic mass is 10.1. The molecule has 1 atom stereocenters. The molecule has 3 heterocycles. The van der Waals surface area contributed by atoms with Crippen molar-refractivity contribution in [2.45, 2.75) is 31.8 Å². The topological polar surface area (TPSA) is 150 Å². The maximum Gasteiger partial charge on any atom is 0.327 e. The number of imide groups is 1. The molecule has 0 radical (unpaired) electrons. The van der Waals surface area contributed by atoms with Gasteiger partial charge in [-0.3, -0.25) is 14.5 Å². The van der Waals surface area contributed by atoms with Crippen LogP contribution in [0.15, 0.2) is 12.3 Å². The van der Waals surface area contributed by atoms with Crippen LogP contribution in [0.2, 0.25) is 0 Å². The van der Waals surface area contributed by atoms with Crippen LogP contribution in [0.5, 0.6) is 0 Å². The number of carbonyl (C=O) groups is 3. The molecule has 0 aliphatic carbocycles. The molecule has 3 N–H and O–H groups in total. The molecule has 0 unspecified atom stereocenters. The van der Waals surface area contributed by atoms with Crippen LogP contribution in [0, 0.1) is 11.3 Å². The van der Waals surface area contributed by atoms with Crippen molar-refractivity contribution in [3.63, 3.8) is 0 Å². The summed E-state index contributed by atoms with van der Waals surface area (Å²) in [6.45, 7) is 0.693. The molecule has 1 fully saturated rings. The van der Waals surface area contributed by atoms with Crippen molar-refractivity contribution >= 4 is 28.9 Å². The zero-order valence-electron chi connectivity index (χ0n) is 17.0. The third-order valence-corrected chi connectivity index (χ3v) is 5.03. The van der Waals surface area contributed by atoms with Gasteiger partial charge in [0.1, 0.15) is 18.2 Å². The Morgan fingerprint density at radius 3 is 2.77 bits per heavy atom. The van der Waals surface area contributed by atoms with Gasteiger partial charge in [-0.25, -0.2) is 14.8 Å². The van der Waals surface area contributed by atoms with Crippen molar-refractivity contribution in [1.29, 1.82) is 5.26 Å². The van der Waals surface area contributed by atoms with Crippen molar-refractivity contribution in [3.05, 3.63) is 23.8 Å². The molecule has 30 heavy (non-hydrogen) atoms. The fourth-order valence-corrected chi connectivity index (χ4v) is 3.30. The van der Waals surface area contributed by atoms with Crippen molar-refractivity contribution < 1.29 is 14.4 Å². The number of nitriles is 1. The average Bonchev–Trinajstić information content (AvgIpc) is 3.17. The van der Waals surface area contributed by atoms with E-state index < -0.39 is 11.9 Å². The van der Waals surface area contributed by atoms with Crippen molar-refractivity contribution in [2.75, 3.05) is 20.1 Å². The van der Waals surface area contributed by atoms with E-state index in [1.807, 2.05) is 0 Å². The third kappa shape index (κ3) is 4.23. The number of hydrogen-bond donors (Lipinski definition) is 2. The first-order valence-electron chi connectivity index (χ1n) is 9.63. The number of fused-ring (bicyclic) bond motifs is 1. The number of aryl methyl sites for hydroxylation is 1. The minimum absolute atomic E-state index is 0.0533. The van der Waals surface area contributed by atoms with Crippen molar-refractivity contribution in [2.24, 2.45) is 12.8 Å². The zero-order chi connectivity index (χ0) is 21.8. The van der Waals surface area contributed by atoms with Crippen LogP contribution in [-0.2, 0) is 18.4 Å². The molecular weight excluding hydrogens is 388 g/mol. The van der Waals surface area contributed by atoms with Crippen LogP contribution in [0.1, 0.15) is 35.6 Å². The van der Waals surface area contributed by atoms with Gasteiger partial charge in [-0.2, -0.15) is 5.26 Å². The number of hydrogen-bond acceptors (Lipinski definition) is 7. The summed E-state index contributed by atoms with van der Waals surface area (Å²) in [5.41, 5.74) is 6.64. The summed E-state index contributed by atoms with van der Waals surface area (Å²) in [5.74, 6) is -0.857. The molecule has 2 aromatic rings. The zero-order valence-corrected chi connectivity index (χ0v) is 17.0. The number of nitrogens with two attached hydrogens (primary N) is 1. The van der Waals surface area contributed by atoms with Gasteiger partial charge in [0.15, 0.2) is 0 Å². The number of likely N-dealkylation sites (N-methyl/N-ethyl adjacent to an activating group) is 1. The van der Waals surface area contributed by atoms with Crippen molar-refractivity contribution in [3.8, 4) is 6.07 Å². The number of unbranched alkanes of at least 4 members (excludes halogenated alkanes) is 1. The minimum atomic E-state index is -0.642. The molecule has 0 bridgehead atoms. The third-order valence-electron chi connectivity index (χ3n) is 5.03. The molecule has 1 aliphatic heterocycles. The Kier molecular flexibility index (Phi) is 6.27. The molecule has 3 rings (SSSR count). The average molecular weight is 412 g/mol. The lowest BCUT2D eigenvalue weighted by molar-refractivity contribution is -0.125. The summed E-state index contributed by atoms with van der Waals surface area (Å²) in [6, 6.07) is 2.84. The van der Waals surface area contributed by atoms with Gasteiger partial charge in [0, 0.05) is 31.4 Å². The second-order valence-electron chi connectivity index (χ2n) is 7.23. The van der Waals surface area contributed by atoms with E-state index in [4.69, 9.17) is 5.73 Å². The van der Waals surface area contributed by atoms with E-state index in [1.54, 1.807) is 24.7 Å². The second-order valence-corrected chi connectivity index (χ2v) is 7.23. The molecule has 0 aromatic carbocycles. The second kappa shape index (κ2) is 8.87. The van der Waals surface area contributed by atoms with Gasteiger partial charge in [0.05, 0.1) is 12.6 Å². The van der Waals surface area contributed by atoms with E-state index in [2.05, 4.69) is 21.4 Å². The van der Waals surface area contributed by atoms with E-state index in [0.29, 0.717) is 29.7 Å². The predicted molar refractivity (Wildman–Crippen MR) is 107 cm³/mol. The van der Waals surface area contributed by atoms with Gasteiger partial charge in [-0.1, -0.05) is 0 Å². The smallest absolute Gasteiger partial charge is 0.327 e. The highest BCUT2D eigenvalue weighted by Gasteiger charge is 2.34. The lowest BCUT2D eigenvalue weighted by Crippen LogP contribution is -2.35. The fourth-order valence-electron chi connectivity index (χ4n) is 3.30. The summed E-state index contributed by atoms with van der Waals surface area (Å²) < 4.78 is 1.72. The largest absolute Gasteiger partial charge is 0.334 e. The van der Waals surface area contributed by atoms with Crippen LogP contribution in [0.4, 0.5) is 4.79 Å². The Balaban J connectivity index is 1.77. The van der Waals surface area contributed by atoms with E-state index >= 15 is 0 Å². The Morgan fingerprint density at radius 2 is 2.13 bits per heavy atom. The SMILES string of the molecule is CN1CC(=O)N(Cc2cc3cnc(C(=O)N[C@H](C#N)CCCCN)nc3n2C)C1=O. The summed E-state index contributed by atoms with van der Waals surface area (Å²) in [7, 11) is 3.31. The molecule has 1 saturated heterocycles. The first-order chi connectivity index (χ1) is 14.3. The summed E-state index contributed by atoms with van der Waals surface area (Å²) in [6.07, 6.45) is 3.53. The molecule has 2 aromatic heterocycles. The molecule has 1 aliphatic rings. The predicted octanol–water partition coefficient (Wildman–Crippen LogP) is 0.113. The highest BCUT2D eigenvalue weighted by molar-refractivity contribution is 6.01. The number of nitrogens with zero attached hydrogens (tertiary/aromatic N) is 6. The fraction of sp³-hybridized carbons (Fsp3) is 0.474. The van der Waals surface area contributed by atoms with Crippen LogP contribution < -0.4 is 11.1 Å². The van der Waals surface area contributed by atoms with E-state index in [1.165, 1.54) is 16.0 Å². The Labute approximate surface area is 173 Å². The minimum Gasteiger partial charge on any atom is -0.334 e. The number of urea groups is 1. The molecule has 0 spiro atoms. The molecule has 11 nitrogen and oxygen atoms in total. The molecule has 11 heteroatoms. The Hall–Kier alpha value is -3.52. The highest BCUT2D eigenvalue weighted by atomic mass is 16.2. The van der Waals surface area contributed by atoms with E-state index in [0.717, 1.165) is 12.8 Å². The Bertz CT molecular complexity index is 1020. The van der Waals surface area contributed by atoms with Gasteiger partial charge in [0.25, 0.3) is 11.8 Å². The van der Waals surface area contributed by atoms with Gasteiger partial charge in [-0.15, -0.1) is 0 Å². The summed E-state index contributed by atoms with van der Waals surface area (Å²) in [5, 5.41) is 12.5. The number of amides is 4. The van der Waals surface area contributed by atoms with Crippen LogP contribution in [0.25, 0.3) is 11.0 Å². The number of aromatic nitrogens is 3. The van der Waals surface area contributed by atoms with Gasteiger partial charge in [-0.05, 0) is 31.9 Å². The molecule has 0 saturated carbocycles. The van der Waals surface area contributed by atoms with E-state index in [9.17, 15) is 19.6 Å². The number of nitrogens with one attached hydrogen (secondary N) is 1. The first-order valence-corrected chi connectivity index (χ1v) is 9.63. The molecule has 4 amide bonds. The standard InChI is InChI=1S/C19H24N8O3/c1-25-11-15(28)27(19(25)30)10-14-7-12-9-22-16(24-17(12)26(14)2)18(29)23-13(8-21)5-3-4-6-20/h7,9,13H,3-6,10-11,20H2,1-2H3,(H,23,29)/t13-/m0/s1. The number of carbonyl (C=O) groups excluding carboxylic acids is 3. The van der Waals surface area contributed by atoms with Crippen LogP contribution in [0.3, 0.4) is 0 Å². The first kappa shape index (κ1) is 21.2. The molecular formula is C19H24N8O3. The lowest BCUT2D eigenvalue weighted by Gasteiger charge is -2.14. The summed E-state index contributed by atoms with van der Waals surface area (Å²) in [4.78, 5) is 47.6. The van der Waals surface area contributed by atoms with Crippen LogP contribution >= 0.6 is 0 Å². The maximum absolute atomic E-state index is 12.5. The number of rotatable bonds is 8. The quantitative estimate of drug-likeness (QED) is 0.461. The van der Waals surface area contributed by atoms with Gasteiger partial charge < -0.3 is 20.5 Å². The van der Waals surface area contributed by atoms with Gasteiger partial charge in [0.2, 0.25) is 5.82 Å². The normalized spacial score (nSPS) is 15.0. The van der Waals surface area contributed by atoms with Crippen LogP contribution in [-0.4, -0.2) is 68.4 Å². The van der Waals surface area contributed by atoms with Gasteiger partial charge >= 0.3 is 6.03 Å². The molecule has 158 valence electrons. The van der Waals surface area contributed by atoms with Crippen molar-refractivity contribution in [1.82, 2.24) is 29.7 Å². The summed E-state index contributed by atoms with van der Waals surface area (Å²) >= 11 is 0. The monoisotopic (exact) mass is 412 g/mol. The van der Waals surface area contributed by atoms with E-state index in [-0.39, 0.29) is 30.9 Å². The maximum atomic E-state index is 12.5. The Morgan fingerprint density at radius 1 is 1.37 bits per heavy atom.